The minimum absolute atomic E-state index is 0.00274. The minimum Gasteiger partial charge on any atom is -0.484 e. The maximum atomic E-state index is 12.6. The number of hydrogen-bond acceptors (Lipinski definition) is 6. The lowest BCUT2D eigenvalue weighted by Crippen LogP contribution is -2.50. The Hall–Kier alpha value is -4.13. The number of aryl methyl sites for hydroxylation is 1. The van der Waals surface area contributed by atoms with Crippen molar-refractivity contribution in [3.05, 3.63) is 84.4 Å². The van der Waals surface area contributed by atoms with Crippen molar-refractivity contribution in [3.63, 3.8) is 0 Å². The number of nitrogens with zero attached hydrogens (tertiary/aromatic N) is 4. The number of carbonyl (C=O) groups excluding carboxylic acids is 1. The van der Waals surface area contributed by atoms with Gasteiger partial charge in [-0.25, -0.2) is 0 Å². The van der Waals surface area contributed by atoms with E-state index >= 15 is 0 Å². The van der Waals surface area contributed by atoms with Gasteiger partial charge in [0.05, 0.1) is 0 Å². The van der Waals surface area contributed by atoms with E-state index in [4.69, 9.17) is 9.26 Å². The Morgan fingerprint density at radius 3 is 2.29 bits per heavy atom. The molecule has 1 aromatic heterocycles. The molecule has 0 spiro atoms. The van der Waals surface area contributed by atoms with Crippen molar-refractivity contribution >= 4 is 11.6 Å². The monoisotopic (exact) mass is 454 g/mol. The number of ether oxygens (including phenoxy) is 1. The molecule has 34 heavy (non-hydrogen) atoms. The van der Waals surface area contributed by atoms with Gasteiger partial charge in [0.25, 0.3) is 11.8 Å². The fourth-order valence-electron chi connectivity index (χ4n) is 3.94. The van der Waals surface area contributed by atoms with Crippen LogP contribution >= 0.6 is 0 Å². The van der Waals surface area contributed by atoms with Gasteiger partial charge in [-0.05, 0) is 43.3 Å². The highest BCUT2D eigenvalue weighted by molar-refractivity contribution is 5.78. The molecule has 7 heteroatoms. The van der Waals surface area contributed by atoms with Crippen LogP contribution in [0.25, 0.3) is 22.8 Å². The Bertz CT molecular complexity index is 1230. The van der Waals surface area contributed by atoms with Gasteiger partial charge in [0, 0.05) is 43.0 Å². The molecular weight excluding hydrogens is 428 g/mol. The lowest BCUT2D eigenvalue weighted by Gasteiger charge is -2.36. The molecule has 0 N–H and O–H groups in total. The van der Waals surface area contributed by atoms with Crippen LogP contribution in [0.4, 0.5) is 5.69 Å². The first-order valence-electron chi connectivity index (χ1n) is 11.4. The molecule has 0 radical (unpaired) electrons. The van der Waals surface area contributed by atoms with Crippen molar-refractivity contribution in [1.29, 1.82) is 0 Å². The maximum absolute atomic E-state index is 12.6. The van der Waals surface area contributed by atoms with Gasteiger partial charge in [0.1, 0.15) is 5.75 Å². The highest BCUT2D eigenvalue weighted by atomic mass is 16.5. The van der Waals surface area contributed by atoms with E-state index < -0.39 is 0 Å². The number of rotatable bonds is 6. The zero-order chi connectivity index (χ0) is 23.3. The van der Waals surface area contributed by atoms with Gasteiger partial charge in [-0.1, -0.05) is 53.2 Å². The molecule has 5 rings (SSSR count). The van der Waals surface area contributed by atoms with Crippen LogP contribution in [0.2, 0.25) is 0 Å². The van der Waals surface area contributed by atoms with E-state index in [1.807, 2.05) is 59.5 Å². The summed E-state index contributed by atoms with van der Waals surface area (Å²) in [6.07, 6.45) is 0. The summed E-state index contributed by atoms with van der Waals surface area (Å²) < 4.78 is 11.1. The van der Waals surface area contributed by atoms with Gasteiger partial charge < -0.3 is 19.1 Å². The van der Waals surface area contributed by atoms with Crippen LogP contribution in [0.1, 0.15) is 5.56 Å². The molecule has 172 valence electrons. The van der Waals surface area contributed by atoms with E-state index in [-0.39, 0.29) is 12.5 Å². The zero-order valence-electron chi connectivity index (χ0n) is 19.1. The Balaban J connectivity index is 1.12. The van der Waals surface area contributed by atoms with Crippen LogP contribution in [0.3, 0.4) is 0 Å². The van der Waals surface area contributed by atoms with Crippen molar-refractivity contribution in [3.8, 4) is 28.6 Å². The van der Waals surface area contributed by atoms with Crippen LogP contribution in [0, 0.1) is 6.92 Å². The van der Waals surface area contributed by atoms with Crippen LogP contribution in [0.15, 0.2) is 83.4 Å². The molecule has 0 atom stereocenters. The fraction of sp³-hybridized carbons (Fsp3) is 0.222. The third-order valence-corrected chi connectivity index (χ3v) is 5.95. The second-order valence-electron chi connectivity index (χ2n) is 8.31. The maximum Gasteiger partial charge on any atom is 0.260 e. The number of amides is 1. The SMILES string of the molecule is Cc1ccc(N2CCN(C(=O)COc3ccc(-c4nc(-c5ccccc5)no4)cc3)CC2)cc1. The van der Waals surface area contributed by atoms with Crippen LogP contribution in [0.5, 0.6) is 5.75 Å². The van der Waals surface area contributed by atoms with E-state index in [2.05, 4.69) is 46.2 Å². The van der Waals surface area contributed by atoms with Crippen molar-refractivity contribution in [2.24, 2.45) is 0 Å². The van der Waals surface area contributed by atoms with E-state index in [9.17, 15) is 4.79 Å². The molecule has 7 nitrogen and oxygen atoms in total. The second-order valence-corrected chi connectivity index (χ2v) is 8.31. The van der Waals surface area contributed by atoms with Gasteiger partial charge >= 0.3 is 0 Å². The highest BCUT2D eigenvalue weighted by Gasteiger charge is 2.21. The topological polar surface area (TPSA) is 71.7 Å². The molecule has 0 aliphatic carbocycles. The Morgan fingerprint density at radius 1 is 0.882 bits per heavy atom. The first-order chi connectivity index (χ1) is 16.7. The van der Waals surface area contributed by atoms with Gasteiger partial charge in [-0.3, -0.25) is 4.79 Å². The molecule has 3 aromatic carbocycles. The standard InChI is InChI=1S/C27H26N4O3/c1-20-7-11-23(12-8-20)30-15-17-31(18-16-30)25(32)19-33-24-13-9-22(10-14-24)27-28-26(29-34-27)21-5-3-2-4-6-21/h2-14H,15-19H2,1H3. The van der Waals surface area contributed by atoms with Crippen molar-refractivity contribution in [1.82, 2.24) is 15.0 Å². The molecule has 2 heterocycles. The molecule has 1 aliphatic heterocycles. The lowest BCUT2D eigenvalue weighted by molar-refractivity contribution is -0.133. The summed E-state index contributed by atoms with van der Waals surface area (Å²) in [5, 5.41) is 4.05. The third-order valence-electron chi connectivity index (χ3n) is 5.95. The smallest absolute Gasteiger partial charge is 0.260 e. The number of hydrogen-bond donors (Lipinski definition) is 0. The first kappa shape index (κ1) is 21.7. The molecule has 4 aromatic rings. The largest absolute Gasteiger partial charge is 0.484 e. The van der Waals surface area contributed by atoms with E-state index in [1.165, 1.54) is 11.3 Å². The number of aromatic nitrogens is 2. The minimum atomic E-state index is -0.00274. The summed E-state index contributed by atoms with van der Waals surface area (Å²) in [7, 11) is 0. The molecule has 1 aliphatic rings. The molecular formula is C27H26N4O3. The number of benzene rings is 3. The summed E-state index contributed by atoms with van der Waals surface area (Å²) in [6, 6.07) is 25.5. The van der Waals surface area contributed by atoms with Crippen LogP contribution < -0.4 is 9.64 Å². The third kappa shape index (κ3) is 4.93. The van der Waals surface area contributed by atoms with Gasteiger partial charge in [0.15, 0.2) is 6.61 Å². The van der Waals surface area contributed by atoms with Crippen LogP contribution in [-0.2, 0) is 4.79 Å². The quantitative estimate of drug-likeness (QED) is 0.429. The fourth-order valence-corrected chi connectivity index (χ4v) is 3.94. The average molecular weight is 455 g/mol. The number of piperazine rings is 1. The molecule has 1 fully saturated rings. The molecule has 0 bridgehead atoms. The summed E-state index contributed by atoms with van der Waals surface area (Å²) in [6.45, 7) is 5.12. The van der Waals surface area contributed by atoms with Gasteiger partial charge in [-0.2, -0.15) is 4.98 Å². The summed E-state index contributed by atoms with van der Waals surface area (Å²) in [5.74, 6) is 1.60. The zero-order valence-corrected chi connectivity index (χ0v) is 19.1. The Labute approximate surface area is 198 Å². The summed E-state index contributed by atoms with van der Waals surface area (Å²) >= 11 is 0. The number of carbonyl (C=O) groups is 1. The highest BCUT2D eigenvalue weighted by Crippen LogP contribution is 2.24. The predicted octanol–water partition coefficient (Wildman–Crippen LogP) is 4.44. The summed E-state index contributed by atoms with van der Waals surface area (Å²) in [5.41, 5.74) is 4.14. The first-order valence-corrected chi connectivity index (χ1v) is 11.4. The molecule has 0 unspecified atom stereocenters. The summed E-state index contributed by atoms with van der Waals surface area (Å²) in [4.78, 5) is 21.3. The normalized spacial score (nSPS) is 13.7. The Morgan fingerprint density at radius 2 is 1.59 bits per heavy atom. The van der Waals surface area contributed by atoms with Crippen molar-refractivity contribution in [2.45, 2.75) is 6.92 Å². The lowest BCUT2D eigenvalue weighted by atomic mass is 10.2. The number of anilines is 1. The average Bonchev–Trinajstić information content (AvgIpc) is 3.39. The predicted molar refractivity (Wildman–Crippen MR) is 131 cm³/mol. The van der Waals surface area contributed by atoms with Crippen molar-refractivity contribution in [2.75, 3.05) is 37.7 Å². The molecule has 0 saturated carbocycles. The molecule has 1 saturated heterocycles. The van der Waals surface area contributed by atoms with Crippen LogP contribution in [-0.4, -0.2) is 53.7 Å². The van der Waals surface area contributed by atoms with Gasteiger partial charge in [-0.15, -0.1) is 0 Å². The van der Waals surface area contributed by atoms with E-state index in [0.29, 0.717) is 30.6 Å². The molecule has 1 amide bonds. The van der Waals surface area contributed by atoms with Gasteiger partial charge in [0.2, 0.25) is 5.82 Å². The van der Waals surface area contributed by atoms with E-state index in [1.54, 1.807) is 0 Å². The second kappa shape index (κ2) is 9.79. The van der Waals surface area contributed by atoms with Crippen molar-refractivity contribution < 1.29 is 14.1 Å². The Kier molecular flexibility index (Phi) is 6.25. The van der Waals surface area contributed by atoms with E-state index in [0.717, 1.165) is 24.2 Å².